The van der Waals surface area contributed by atoms with E-state index < -0.39 is 11.6 Å². The molecule has 0 unspecified atom stereocenters. The first-order valence-electron chi connectivity index (χ1n) is 5.40. The van der Waals surface area contributed by atoms with Crippen LogP contribution in [-0.2, 0) is 6.61 Å². The monoisotopic (exact) mass is 312 g/mol. The van der Waals surface area contributed by atoms with E-state index in [1.165, 1.54) is 6.07 Å². The average molecular weight is 313 g/mol. The number of hydrogen-bond donors (Lipinski definition) is 0. The van der Waals surface area contributed by atoms with E-state index in [0.29, 0.717) is 4.47 Å². The van der Waals surface area contributed by atoms with Crippen LogP contribution in [0.3, 0.4) is 0 Å². The van der Waals surface area contributed by atoms with Gasteiger partial charge in [0.15, 0.2) is 11.6 Å². The van der Waals surface area contributed by atoms with E-state index >= 15 is 0 Å². The van der Waals surface area contributed by atoms with Crippen molar-refractivity contribution in [2.75, 3.05) is 0 Å². The summed E-state index contributed by atoms with van der Waals surface area (Å²) in [5.74, 6) is -1.99. The number of hydrogen-bond acceptors (Lipinski definition) is 1. The second-order valence-corrected chi connectivity index (χ2v) is 4.83. The first-order chi connectivity index (χ1) is 8.58. The maximum Gasteiger partial charge on any atom is 0.200 e. The van der Waals surface area contributed by atoms with Gasteiger partial charge in [0.2, 0.25) is 5.82 Å². The summed E-state index contributed by atoms with van der Waals surface area (Å²) in [4.78, 5) is 0. The van der Waals surface area contributed by atoms with Gasteiger partial charge in [0.1, 0.15) is 6.61 Å². The van der Waals surface area contributed by atoms with Gasteiger partial charge >= 0.3 is 0 Å². The highest BCUT2D eigenvalue weighted by atomic mass is 79.9. The second-order valence-electron chi connectivity index (χ2n) is 3.91. The Bertz CT molecular complexity index is 570. The molecule has 0 N–H and O–H groups in total. The third kappa shape index (κ3) is 2.88. The van der Waals surface area contributed by atoms with Crippen molar-refractivity contribution >= 4 is 15.9 Å². The van der Waals surface area contributed by atoms with Gasteiger partial charge in [0.05, 0.1) is 0 Å². The van der Waals surface area contributed by atoms with E-state index in [0.717, 1.165) is 17.2 Å². The van der Waals surface area contributed by atoms with E-state index in [2.05, 4.69) is 15.9 Å². The van der Waals surface area contributed by atoms with Gasteiger partial charge in [-0.3, -0.25) is 0 Å². The molecule has 0 aliphatic rings. The number of benzene rings is 2. The molecule has 2 rings (SSSR count). The molecule has 0 atom stereocenters. The minimum Gasteiger partial charge on any atom is -0.486 e. The lowest BCUT2D eigenvalue weighted by Crippen LogP contribution is -2.00. The SMILES string of the molecule is Cc1ccccc1COc1cc(Br)cc(F)c1F. The summed E-state index contributed by atoms with van der Waals surface area (Å²) in [5, 5.41) is 0. The highest BCUT2D eigenvalue weighted by Crippen LogP contribution is 2.26. The normalized spacial score (nSPS) is 10.4. The highest BCUT2D eigenvalue weighted by molar-refractivity contribution is 9.10. The Morgan fingerprint density at radius 3 is 2.61 bits per heavy atom. The highest BCUT2D eigenvalue weighted by Gasteiger charge is 2.11. The summed E-state index contributed by atoms with van der Waals surface area (Å²) >= 11 is 3.10. The zero-order valence-electron chi connectivity index (χ0n) is 9.71. The molecule has 0 amide bonds. The van der Waals surface area contributed by atoms with Crippen molar-refractivity contribution in [2.45, 2.75) is 13.5 Å². The topological polar surface area (TPSA) is 9.23 Å². The van der Waals surface area contributed by atoms with Crippen LogP contribution in [-0.4, -0.2) is 0 Å². The van der Waals surface area contributed by atoms with Crippen LogP contribution in [0.5, 0.6) is 5.75 Å². The summed E-state index contributed by atoms with van der Waals surface area (Å²) in [6.45, 7) is 2.15. The lowest BCUT2D eigenvalue weighted by molar-refractivity contribution is 0.283. The minimum atomic E-state index is -0.966. The molecule has 2 aromatic carbocycles. The van der Waals surface area contributed by atoms with Gasteiger partial charge in [-0.2, -0.15) is 4.39 Å². The van der Waals surface area contributed by atoms with Crippen molar-refractivity contribution in [1.29, 1.82) is 0 Å². The van der Waals surface area contributed by atoms with E-state index in [9.17, 15) is 8.78 Å². The first kappa shape index (κ1) is 13.0. The van der Waals surface area contributed by atoms with Crippen LogP contribution in [0.4, 0.5) is 8.78 Å². The second kappa shape index (κ2) is 5.48. The molecule has 0 aliphatic carbocycles. The van der Waals surface area contributed by atoms with E-state index in [1.807, 2.05) is 31.2 Å². The number of rotatable bonds is 3. The van der Waals surface area contributed by atoms with Crippen molar-refractivity contribution in [3.63, 3.8) is 0 Å². The van der Waals surface area contributed by atoms with Crippen LogP contribution < -0.4 is 4.74 Å². The molecule has 0 saturated carbocycles. The van der Waals surface area contributed by atoms with E-state index in [1.54, 1.807) is 0 Å². The molecular formula is C14H11BrF2O. The van der Waals surface area contributed by atoms with Gasteiger partial charge in [-0.1, -0.05) is 40.2 Å². The molecule has 0 spiro atoms. The third-order valence-corrected chi connectivity index (χ3v) is 3.06. The lowest BCUT2D eigenvalue weighted by Gasteiger charge is -2.10. The summed E-state index contributed by atoms with van der Waals surface area (Å²) in [6, 6.07) is 10.1. The maximum atomic E-state index is 13.5. The van der Waals surface area contributed by atoms with Gasteiger partial charge < -0.3 is 4.74 Å². The number of halogens is 3. The van der Waals surface area contributed by atoms with Gasteiger partial charge in [-0.15, -0.1) is 0 Å². The average Bonchev–Trinajstić information content (AvgIpc) is 2.33. The van der Waals surface area contributed by atoms with Crippen molar-refractivity contribution in [1.82, 2.24) is 0 Å². The lowest BCUT2D eigenvalue weighted by atomic mass is 10.1. The fraction of sp³-hybridized carbons (Fsp3) is 0.143. The number of ether oxygens (including phenoxy) is 1. The Labute approximate surface area is 113 Å². The van der Waals surface area contributed by atoms with Crippen molar-refractivity contribution in [3.05, 3.63) is 63.6 Å². The molecule has 94 valence electrons. The number of aryl methyl sites for hydroxylation is 1. The summed E-state index contributed by atoms with van der Waals surface area (Å²) in [7, 11) is 0. The molecule has 4 heteroatoms. The van der Waals surface area contributed by atoms with Crippen molar-refractivity contribution in [3.8, 4) is 5.75 Å². The van der Waals surface area contributed by atoms with Gasteiger partial charge in [0, 0.05) is 4.47 Å². The summed E-state index contributed by atoms with van der Waals surface area (Å²) < 4.78 is 32.4. The Morgan fingerprint density at radius 1 is 1.17 bits per heavy atom. The van der Waals surface area contributed by atoms with Crippen LogP contribution >= 0.6 is 15.9 Å². The molecular weight excluding hydrogens is 302 g/mol. The summed E-state index contributed by atoms with van der Waals surface area (Å²) in [6.07, 6.45) is 0. The fourth-order valence-corrected chi connectivity index (χ4v) is 1.97. The Morgan fingerprint density at radius 2 is 1.89 bits per heavy atom. The Kier molecular flexibility index (Phi) is 3.97. The molecule has 0 radical (unpaired) electrons. The van der Waals surface area contributed by atoms with Crippen LogP contribution in [0, 0.1) is 18.6 Å². The molecule has 1 nitrogen and oxygen atoms in total. The molecule has 0 heterocycles. The largest absolute Gasteiger partial charge is 0.486 e. The fourth-order valence-electron chi connectivity index (χ4n) is 1.56. The Hall–Kier alpha value is -1.42. The van der Waals surface area contributed by atoms with Crippen LogP contribution in [0.15, 0.2) is 40.9 Å². The molecule has 18 heavy (non-hydrogen) atoms. The van der Waals surface area contributed by atoms with E-state index in [-0.39, 0.29) is 12.4 Å². The predicted octanol–water partition coefficient (Wildman–Crippen LogP) is 4.61. The van der Waals surface area contributed by atoms with Crippen molar-refractivity contribution < 1.29 is 13.5 Å². The quantitative estimate of drug-likeness (QED) is 0.752. The van der Waals surface area contributed by atoms with Gasteiger partial charge in [-0.05, 0) is 30.2 Å². The smallest absolute Gasteiger partial charge is 0.200 e. The molecule has 2 aromatic rings. The van der Waals surface area contributed by atoms with Crippen LogP contribution in [0.25, 0.3) is 0 Å². The predicted molar refractivity (Wildman–Crippen MR) is 69.6 cm³/mol. The molecule has 0 bridgehead atoms. The van der Waals surface area contributed by atoms with Crippen LogP contribution in [0.1, 0.15) is 11.1 Å². The standard InChI is InChI=1S/C14H11BrF2O/c1-9-4-2-3-5-10(9)8-18-13-7-11(15)6-12(16)14(13)17/h2-7H,8H2,1H3. The van der Waals surface area contributed by atoms with Crippen molar-refractivity contribution in [2.24, 2.45) is 0 Å². The molecule has 0 saturated heterocycles. The molecule has 0 aromatic heterocycles. The zero-order valence-corrected chi connectivity index (χ0v) is 11.3. The van der Waals surface area contributed by atoms with E-state index in [4.69, 9.17) is 4.74 Å². The Balaban J connectivity index is 2.18. The third-order valence-electron chi connectivity index (χ3n) is 2.60. The van der Waals surface area contributed by atoms with Crippen LogP contribution in [0.2, 0.25) is 0 Å². The van der Waals surface area contributed by atoms with Gasteiger partial charge in [0.25, 0.3) is 0 Å². The molecule has 0 aliphatic heterocycles. The first-order valence-corrected chi connectivity index (χ1v) is 6.19. The summed E-state index contributed by atoms with van der Waals surface area (Å²) in [5.41, 5.74) is 1.99. The zero-order chi connectivity index (χ0) is 13.1. The minimum absolute atomic E-state index is 0.0925. The maximum absolute atomic E-state index is 13.5. The molecule has 0 fully saturated rings. The van der Waals surface area contributed by atoms with Gasteiger partial charge in [-0.25, -0.2) is 4.39 Å².